The molecule has 4 nitrogen and oxygen atoms in total. The number of nitrogens with one attached hydrogen (secondary N) is 1. The van der Waals surface area contributed by atoms with Crippen molar-refractivity contribution in [1.82, 2.24) is 10.4 Å². The minimum Gasteiger partial charge on any atom is -0.268 e. The molecule has 1 aromatic heterocycles. The Hall–Kier alpha value is -2.70. The van der Waals surface area contributed by atoms with Gasteiger partial charge in [0.15, 0.2) is 0 Å². The highest BCUT2D eigenvalue weighted by molar-refractivity contribution is 6.06. The van der Waals surface area contributed by atoms with Crippen LogP contribution in [0.5, 0.6) is 0 Å². The maximum atomic E-state index is 13.5. The maximum Gasteiger partial charge on any atom is 0.417 e. The molecule has 2 aromatic rings. The lowest BCUT2D eigenvalue weighted by atomic mass is 9.94. The molecule has 3 rings (SSSR count). The Labute approximate surface area is 130 Å². The molecule has 0 bridgehead atoms. The van der Waals surface area contributed by atoms with Crippen LogP contribution in [0.3, 0.4) is 0 Å². The number of pyridine rings is 1. The Morgan fingerprint density at radius 2 is 1.78 bits per heavy atom. The van der Waals surface area contributed by atoms with Crippen molar-refractivity contribution in [2.24, 2.45) is 10.1 Å². The van der Waals surface area contributed by atoms with Gasteiger partial charge in [0.05, 0.1) is 17.3 Å². The lowest BCUT2D eigenvalue weighted by molar-refractivity contribution is -0.137. The number of hydrogen-bond acceptors (Lipinski definition) is 4. The summed E-state index contributed by atoms with van der Waals surface area (Å²) in [5, 5.41) is 4.05. The molecule has 0 saturated carbocycles. The van der Waals surface area contributed by atoms with E-state index in [2.05, 4.69) is 20.5 Å². The van der Waals surface area contributed by atoms with Crippen molar-refractivity contribution in [3.63, 3.8) is 0 Å². The van der Waals surface area contributed by atoms with Crippen molar-refractivity contribution < 1.29 is 13.2 Å². The molecule has 0 unspecified atom stereocenters. The van der Waals surface area contributed by atoms with E-state index in [9.17, 15) is 13.2 Å². The molecule has 0 fully saturated rings. The molecular formula is C16H13F3N4. The summed E-state index contributed by atoms with van der Waals surface area (Å²) < 4.78 is 40.4. The fourth-order valence-electron chi connectivity index (χ4n) is 2.43. The van der Waals surface area contributed by atoms with Gasteiger partial charge in [-0.2, -0.15) is 18.3 Å². The van der Waals surface area contributed by atoms with Gasteiger partial charge in [-0.1, -0.05) is 12.1 Å². The molecule has 0 saturated heterocycles. The third-order valence-electron chi connectivity index (χ3n) is 3.55. The number of benzene rings is 1. The molecule has 1 N–H and O–H groups in total. The standard InChI is InChI=1S/C16H13F3N4/c1-10-15(23-22-9-21-10)12-2-3-13(11-4-6-20-7-5-11)14(8-12)16(17,18)19/h2-10H,1H3,(H,21,22)/t10-/m0/s1. The zero-order valence-corrected chi connectivity index (χ0v) is 12.2. The Kier molecular flexibility index (Phi) is 3.85. The highest BCUT2D eigenvalue weighted by Crippen LogP contribution is 2.37. The van der Waals surface area contributed by atoms with Crippen LogP contribution < -0.4 is 5.43 Å². The van der Waals surface area contributed by atoms with Crippen molar-refractivity contribution in [1.29, 1.82) is 0 Å². The lowest BCUT2D eigenvalue weighted by Crippen LogP contribution is -2.26. The Balaban J connectivity index is 2.12. The van der Waals surface area contributed by atoms with Crippen LogP contribution in [0.4, 0.5) is 13.2 Å². The minimum atomic E-state index is -4.47. The van der Waals surface area contributed by atoms with Gasteiger partial charge in [0.25, 0.3) is 0 Å². The normalized spacial score (nSPS) is 17.6. The van der Waals surface area contributed by atoms with Gasteiger partial charge in [-0.25, -0.2) is 0 Å². The second-order valence-corrected chi connectivity index (χ2v) is 5.07. The summed E-state index contributed by atoms with van der Waals surface area (Å²) in [7, 11) is 0. The Morgan fingerprint density at radius 3 is 2.43 bits per heavy atom. The predicted octanol–water partition coefficient (Wildman–Crippen LogP) is 3.49. The topological polar surface area (TPSA) is 49.6 Å². The summed E-state index contributed by atoms with van der Waals surface area (Å²) in [6.07, 6.45) is -0.112. The first kappa shape index (κ1) is 15.2. The molecule has 1 atom stereocenters. The summed E-state index contributed by atoms with van der Waals surface area (Å²) >= 11 is 0. The lowest BCUT2D eigenvalue weighted by Gasteiger charge is -2.18. The molecular weight excluding hydrogens is 305 g/mol. The van der Waals surface area contributed by atoms with Gasteiger partial charge in [-0.3, -0.25) is 15.4 Å². The van der Waals surface area contributed by atoms with Gasteiger partial charge in [0.1, 0.15) is 6.34 Å². The first-order valence-electron chi connectivity index (χ1n) is 6.93. The number of aromatic nitrogens is 1. The number of rotatable bonds is 2. The van der Waals surface area contributed by atoms with Gasteiger partial charge in [0, 0.05) is 18.0 Å². The summed E-state index contributed by atoms with van der Waals surface area (Å²) in [6, 6.07) is 7.01. The molecule has 1 aliphatic heterocycles. The molecule has 0 radical (unpaired) electrons. The average Bonchev–Trinajstić information content (AvgIpc) is 2.55. The van der Waals surface area contributed by atoms with Crippen LogP contribution in [0.2, 0.25) is 0 Å². The molecule has 23 heavy (non-hydrogen) atoms. The first-order valence-corrected chi connectivity index (χ1v) is 6.93. The van der Waals surface area contributed by atoms with Gasteiger partial charge >= 0.3 is 6.18 Å². The van der Waals surface area contributed by atoms with E-state index >= 15 is 0 Å². The van der Waals surface area contributed by atoms with Crippen LogP contribution in [-0.4, -0.2) is 23.1 Å². The SMILES string of the molecule is C[C@@H]1N=CNN=C1c1ccc(-c2ccncc2)c(C(F)(F)F)c1. The summed E-state index contributed by atoms with van der Waals surface area (Å²) in [5.74, 6) is 0. The summed E-state index contributed by atoms with van der Waals surface area (Å²) in [6.45, 7) is 1.78. The number of halogens is 3. The molecule has 0 spiro atoms. The van der Waals surface area contributed by atoms with Crippen molar-refractivity contribution in [2.75, 3.05) is 0 Å². The van der Waals surface area contributed by atoms with Gasteiger partial charge in [-0.15, -0.1) is 0 Å². The van der Waals surface area contributed by atoms with Crippen LogP contribution in [0.25, 0.3) is 11.1 Å². The van der Waals surface area contributed by atoms with Crippen LogP contribution in [0, 0.1) is 0 Å². The maximum absolute atomic E-state index is 13.5. The third-order valence-corrected chi connectivity index (χ3v) is 3.55. The minimum absolute atomic E-state index is 0.115. The Bertz CT molecular complexity index is 767. The van der Waals surface area contributed by atoms with E-state index in [-0.39, 0.29) is 11.6 Å². The molecule has 0 amide bonds. The van der Waals surface area contributed by atoms with Crippen LogP contribution in [0.15, 0.2) is 52.8 Å². The number of alkyl halides is 3. The van der Waals surface area contributed by atoms with Crippen LogP contribution >= 0.6 is 0 Å². The van der Waals surface area contributed by atoms with Crippen molar-refractivity contribution in [3.05, 3.63) is 53.9 Å². The highest BCUT2D eigenvalue weighted by Gasteiger charge is 2.34. The molecule has 0 aliphatic carbocycles. The van der Waals surface area contributed by atoms with E-state index in [0.29, 0.717) is 16.8 Å². The highest BCUT2D eigenvalue weighted by atomic mass is 19.4. The van der Waals surface area contributed by atoms with Crippen molar-refractivity contribution >= 4 is 12.1 Å². The van der Waals surface area contributed by atoms with E-state index in [0.717, 1.165) is 6.07 Å². The van der Waals surface area contributed by atoms with E-state index < -0.39 is 11.7 Å². The van der Waals surface area contributed by atoms with Crippen molar-refractivity contribution in [2.45, 2.75) is 19.1 Å². The molecule has 118 valence electrons. The fraction of sp³-hybridized carbons (Fsp3) is 0.188. The predicted molar refractivity (Wildman–Crippen MR) is 82.3 cm³/mol. The van der Waals surface area contributed by atoms with Gasteiger partial charge in [-0.05, 0) is 36.2 Å². The summed E-state index contributed by atoms with van der Waals surface area (Å²) in [5.41, 5.74) is 3.32. The van der Waals surface area contributed by atoms with Crippen LogP contribution in [-0.2, 0) is 6.18 Å². The largest absolute Gasteiger partial charge is 0.417 e. The molecule has 2 heterocycles. The quantitative estimate of drug-likeness (QED) is 0.921. The van der Waals surface area contributed by atoms with E-state index in [1.165, 1.54) is 24.8 Å². The monoisotopic (exact) mass is 318 g/mol. The molecule has 7 heteroatoms. The molecule has 1 aliphatic rings. The number of nitrogens with zero attached hydrogens (tertiary/aromatic N) is 3. The Morgan fingerprint density at radius 1 is 1.04 bits per heavy atom. The van der Waals surface area contributed by atoms with E-state index in [4.69, 9.17) is 0 Å². The fourth-order valence-corrected chi connectivity index (χ4v) is 2.43. The number of aliphatic imine (C=N–C) groups is 1. The summed E-state index contributed by atoms with van der Waals surface area (Å²) in [4.78, 5) is 7.94. The van der Waals surface area contributed by atoms with Crippen molar-refractivity contribution in [3.8, 4) is 11.1 Å². The smallest absolute Gasteiger partial charge is 0.268 e. The second kappa shape index (κ2) is 5.83. The molecule has 1 aromatic carbocycles. The van der Waals surface area contributed by atoms with Crippen LogP contribution in [0.1, 0.15) is 18.1 Å². The second-order valence-electron chi connectivity index (χ2n) is 5.07. The zero-order chi connectivity index (χ0) is 16.4. The van der Waals surface area contributed by atoms with Gasteiger partial charge in [0.2, 0.25) is 0 Å². The van der Waals surface area contributed by atoms with Gasteiger partial charge < -0.3 is 0 Å². The van der Waals surface area contributed by atoms with E-state index in [1.54, 1.807) is 25.1 Å². The number of hydrogen-bond donors (Lipinski definition) is 1. The first-order chi connectivity index (χ1) is 11.0. The average molecular weight is 318 g/mol. The third kappa shape index (κ3) is 3.08. The van der Waals surface area contributed by atoms with E-state index in [1.807, 2.05) is 0 Å². The number of hydrazone groups is 1. The zero-order valence-electron chi connectivity index (χ0n) is 12.2.